The van der Waals surface area contributed by atoms with Gasteiger partial charge in [-0.2, -0.15) is 0 Å². The van der Waals surface area contributed by atoms with Gasteiger partial charge in [0, 0.05) is 11.5 Å². The highest BCUT2D eigenvalue weighted by molar-refractivity contribution is 5.98. The van der Waals surface area contributed by atoms with E-state index in [0.29, 0.717) is 45.5 Å². The third-order valence-corrected chi connectivity index (χ3v) is 5.09. The van der Waals surface area contributed by atoms with Gasteiger partial charge in [-0.3, -0.25) is 9.78 Å². The molecule has 0 radical (unpaired) electrons. The molecule has 2 heterocycles. The van der Waals surface area contributed by atoms with Crippen molar-refractivity contribution >= 4 is 11.6 Å². The van der Waals surface area contributed by atoms with Crippen LogP contribution in [0.4, 0.5) is 10.1 Å². The zero-order chi connectivity index (χ0) is 22.0. The Labute approximate surface area is 179 Å². The summed E-state index contributed by atoms with van der Waals surface area (Å²) >= 11 is 0. The molecule has 1 aliphatic rings. The maximum absolute atomic E-state index is 13.9. The van der Waals surface area contributed by atoms with Crippen molar-refractivity contribution in [2.45, 2.75) is 33.3 Å². The number of carbonyl (C=O) groups excluding carboxylic acids is 1. The van der Waals surface area contributed by atoms with Crippen LogP contribution >= 0.6 is 0 Å². The van der Waals surface area contributed by atoms with Crippen molar-refractivity contribution in [1.29, 1.82) is 0 Å². The first-order chi connectivity index (χ1) is 15.0. The second-order valence-corrected chi connectivity index (χ2v) is 7.46. The van der Waals surface area contributed by atoms with Crippen molar-refractivity contribution < 1.29 is 18.7 Å². The number of pyridine rings is 1. The minimum Gasteiger partial charge on any atom is -0.495 e. The third-order valence-electron chi connectivity index (χ3n) is 5.09. The van der Waals surface area contributed by atoms with Crippen molar-refractivity contribution in [2.75, 3.05) is 12.4 Å². The van der Waals surface area contributed by atoms with Gasteiger partial charge in [0.1, 0.15) is 24.0 Å². The van der Waals surface area contributed by atoms with Crippen LogP contribution in [0.2, 0.25) is 0 Å². The number of hydrogen-bond donors (Lipinski definition) is 1. The molecule has 31 heavy (non-hydrogen) atoms. The fourth-order valence-corrected chi connectivity index (χ4v) is 3.27. The minimum atomic E-state index is -0.389. The second kappa shape index (κ2) is 8.67. The van der Waals surface area contributed by atoms with Crippen LogP contribution in [-0.4, -0.2) is 28.0 Å². The number of nitrogens with one attached hydrogen (secondary N) is 1. The van der Waals surface area contributed by atoms with Crippen molar-refractivity contribution in [3.05, 3.63) is 59.6 Å². The molecule has 0 unspecified atom stereocenters. The molecular weight excluding hydrogens is 399 g/mol. The summed E-state index contributed by atoms with van der Waals surface area (Å²) in [6.07, 6.45) is 4.86. The standard InChI is InChI=1S/C23H23FN4O3/c1-13-19(10-25-14(2)27-13)31-12-18-20(30-3)11-26-21(16-5-4-6-17(24)9-16)22(18)28-23(29)15-7-8-15/h4-6,9-11,15H,7-8,12H2,1-3H3,(H,28,29). The van der Waals surface area contributed by atoms with Gasteiger partial charge in [-0.25, -0.2) is 14.4 Å². The van der Waals surface area contributed by atoms with Crippen molar-refractivity contribution in [3.8, 4) is 22.8 Å². The molecule has 0 spiro atoms. The van der Waals surface area contributed by atoms with Gasteiger partial charge in [-0.1, -0.05) is 12.1 Å². The molecule has 0 saturated heterocycles. The summed E-state index contributed by atoms with van der Waals surface area (Å²) in [4.78, 5) is 25.6. The molecule has 1 N–H and O–H groups in total. The Hall–Kier alpha value is -3.55. The molecular formula is C23H23FN4O3. The van der Waals surface area contributed by atoms with E-state index in [1.807, 2.05) is 6.92 Å². The Morgan fingerprint density at radius 1 is 1.19 bits per heavy atom. The normalized spacial score (nSPS) is 13.0. The Morgan fingerprint density at radius 3 is 2.65 bits per heavy atom. The fraction of sp³-hybridized carbons (Fsp3) is 0.304. The number of rotatable bonds is 7. The predicted octanol–water partition coefficient (Wildman–Crippen LogP) is 4.23. The first-order valence-electron chi connectivity index (χ1n) is 10.0. The van der Waals surface area contributed by atoms with Gasteiger partial charge in [0.05, 0.1) is 42.1 Å². The van der Waals surface area contributed by atoms with Crippen LogP contribution in [0.15, 0.2) is 36.7 Å². The summed E-state index contributed by atoms with van der Waals surface area (Å²) in [6.45, 7) is 3.72. The van der Waals surface area contributed by atoms with E-state index in [1.165, 1.54) is 19.2 Å². The lowest BCUT2D eigenvalue weighted by atomic mass is 10.0. The maximum Gasteiger partial charge on any atom is 0.227 e. The van der Waals surface area contributed by atoms with Crippen LogP contribution in [0.3, 0.4) is 0 Å². The Bertz CT molecular complexity index is 1130. The lowest BCUT2D eigenvalue weighted by molar-refractivity contribution is -0.117. The first kappa shape index (κ1) is 20.7. The molecule has 0 aliphatic heterocycles. The second-order valence-electron chi connectivity index (χ2n) is 7.46. The van der Waals surface area contributed by atoms with Crippen LogP contribution in [-0.2, 0) is 11.4 Å². The molecule has 7 nitrogen and oxygen atoms in total. The van der Waals surface area contributed by atoms with E-state index in [2.05, 4.69) is 20.3 Å². The number of hydrogen-bond acceptors (Lipinski definition) is 6. The lowest BCUT2D eigenvalue weighted by Gasteiger charge is -2.19. The van der Waals surface area contributed by atoms with Crippen molar-refractivity contribution in [1.82, 2.24) is 15.0 Å². The molecule has 1 aliphatic carbocycles. The Morgan fingerprint density at radius 2 is 1.97 bits per heavy atom. The number of nitrogens with zero attached hydrogens (tertiary/aromatic N) is 3. The summed E-state index contributed by atoms with van der Waals surface area (Å²) in [5.74, 6) is 1.13. The number of methoxy groups -OCH3 is 1. The molecule has 1 fully saturated rings. The van der Waals surface area contributed by atoms with Gasteiger partial charge >= 0.3 is 0 Å². The van der Waals surface area contributed by atoms with E-state index >= 15 is 0 Å². The number of amides is 1. The predicted molar refractivity (Wildman–Crippen MR) is 113 cm³/mol. The zero-order valence-corrected chi connectivity index (χ0v) is 17.6. The maximum atomic E-state index is 13.9. The molecule has 1 saturated carbocycles. The molecule has 3 aromatic rings. The number of ether oxygens (including phenoxy) is 2. The van der Waals surface area contributed by atoms with Crippen LogP contribution in [0.5, 0.6) is 11.5 Å². The smallest absolute Gasteiger partial charge is 0.227 e. The fourth-order valence-electron chi connectivity index (χ4n) is 3.27. The van der Waals surface area contributed by atoms with Crippen LogP contribution in [0.1, 0.15) is 29.9 Å². The highest BCUT2D eigenvalue weighted by Crippen LogP contribution is 2.38. The number of halogens is 1. The summed E-state index contributed by atoms with van der Waals surface area (Å²) in [6, 6.07) is 6.09. The van der Waals surface area contributed by atoms with E-state index in [1.54, 1.807) is 31.5 Å². The molecule has 1 aromatic carbocycles. The largest absolute Gasteiger partial charge is 0.495 e. The summed E-state index contributed by atoms with van der Waals surface area (Å²) < 4.78 is 25.4. The zero-order valence-electron chi connectivity index (χ0n) is 17.6. The van der Waals surface area contributed by atoms with Gasteiger partial charge in [-0.15, -0.1) is 0 Å². The highest BCUT2D eigenvalue weighted by atomic mass is 19.1. The Kier molecular flexibility index (Phi) is 5.79. The van der Waals surface area contributed by atoms with E-state index in [0.717, 1.165) is 12.8 Å². The van der Waals surface area contributed by atoms with Crippen molar-refractivity contribution in [3.63, 3.8) is 0 Å². The van der Waals surface area contributed by atoms with E-state index in [4.69, 9.17) is 9.47 Å². The quantitative estimate of drug-likeness (QED) is 0.613. The third kappa shape index (κ3) is 4.63. The van der Waals surface area contributed by atoms with Gasteiger partial charge in [-0.05, 0) is 38.8 Å². The Balaban J connectivity index is 1.76. The molecule has 1 amide bonds. The van der Waals surface area contributed by atoms with Gasteiger partial charge in [0.15, 0.2) is 5.75 Å². The van der Waals surface area contributed by atoms with E-state index < -0.39 is 0 Å². The van der Waals surface area contributed by atoms with E-state index in [9.17, 15) is 9.18 Å². The van der Waals surface area contributed by atoms with Gasteiger partial charge in [0.25, 0.3) is 0 Å². The van der Waals surface area contributed by atoms with Crippen LogP contribution < -0.4 is 14.8 Å². The number of carbonyl (C=O) groups is 1. The molecule has 0 atom stereocenters. The van der Waals surface area contributed by atoms with Gasteiger partial charge in [0.2, 0.25) is 5.91 Å². The molecule has 8 heteroatoms. The molecule has 4 rings (SSSR count). The lowest BCUT2D eigenvalue weighted by Crippen LogP contribution is -2.17. The molecule has 2 aromatic heterocycles. The highest BCUT2D eigenvalue weighted by Gasteiger charge is 2.31. The minimum absolute atomic E-state index is 0.0203. The molecule has 160 valence electrons. The topological polar surface area (TPSA) is 86.2 Å². The summed E-state index contributed by atoms with van der Waals surface area (Å²) in [7, 11) is 1.52. The summed E-state index contributed by atoms with van der Waals surface area (Å²) in [5, 5.41) is 2.98. The van der Waals surface area contributed by atoms with Gasteiger partial charge < -0.3 is 14.8 Å². The number of aromatic nitrogens is 3. The number of anilines is 1. The average molecular weight is 422 g/mol. The van der Waals surface area contributed by atoms with Crippen LogP contribution in [0, 0.1) is 25.6 Å². The summed E-state index contributed by atoms with van der Waals surface area (Å²) in [5.41, 5.74) is 2.75. The van der Waals surface area contributed by atoms with Crippen LogP contribution in [0.25, 0.3) is 11.3 Å². The van der Waals surface area contributed by atoms with Crippen molar-refractivity contribution in [2.24, 2.45) is 5.92 Å². The van der Waals surface area contributed by atoms with E-state index in [-0.39, 0.29) is 24.2 Å². The average Bonchev–Trinajstić information content (AvgIpc) is 3.59. The molecule has 0 bridgehead atoms. The SMILES string of the molecule is COc1cnc(-c2cccc(F)c2)c(NC(=O)C2CC2)c1COc1cnc(C)nc1C. The first-order valence-corrected chi connectivity index (χ1v) is 10.0. The monoisotopic (exact) mass is 422 g/mol. The number of benzene rings is 1. The number of aryl methyl sites for hydroxylation is 2.